The van der Waals surface area contributed by atoms with Crippen LogP contribution in [0.3, 0.4) is 0 Å². The summed E-state index contributed by atoms with van der Waals surface area (Å²) in [6.07, 6.45) is 0. The SMILES string of the molecule is Cc1cccc(N2CCN(CCBr)CC2)c1. The summed E-state index contributed by atoms with van der Waals surface area (Å²) in [5.74, 6) is 0. The molecule has 16 heavy (non-hydrogen) atoms. The molecule has 88 valence electrons. The van der Waals surface area contributed by atoms with E-state index in [2.05, 4.69) is 56.9 Å². The molecule has 2 nitrogen and oxygen atoms in total. The first kappa shape index (κ1) is 11.9. The van der Waals surface area contributed by atoms with E-state index in [-0.39, 0.29) is 0 Å². The van der Waals surface area contributed by atoms with Crippen LogP contribution in [0.2, 0.25) is 0 Å². The maximum Gasteiger partial charge on any atom is 0.0369 e. The first-order valence-electron chi connectivity index (χ1n) is 5.89. The van der Waals surface area contributed by atoms with Crippen molar-refractivity contribution in [3.05, 3.63) is 29.8 Å². The minimum atomic E-state index is 1.08. The maximum absolute atomic E-state index is 3.50. The lowest BCUT2D eigenvalue weighted by atomic mass is 10.2. The van der Waals surface area contributed by atoms with Gasteiger partial charge in [-0.05, 0) is 24.6 Å². The van der Waals surface area contributed by atoms with Crippen molar-refractivity contribution in [3.63, 3.8) is 0 Å². The van der Waals surface area contributed by atoms with E-state index in [0.29, 0.717) is 0 Å². The third-order valence-electron chi connectivity index (χ3n) is 3.14. The topological polar surface area (TPSA) is 6.48 Å². The van der Waals surface area contributed by atoms with Crippen molar-refractivity contribution >= 4 is 21.6 Å². The minimum absolute atomic E-state index is 1.08. The number of benzene rings is 1. The van der Waals surface area contributed by atoms with Gasteiger partial charge in [0.05, 0.1) is 0 Å². The predicted molar refractivity (Wildman–Crippen MR) is 73.6 cm³/mol. The van der Waals surface area contributed by atoms with Gasteiger partial charge in [0.15, 0.2) is 0 Å². The molecule has 0 bridgehead atoms. The van der Waals surface area contributed by atoms with E-state index in [1.807, 2.05) is 0 Å². The van der Waals surface area contributed by atoms with Gasteiger partial charge in [-0.1, -0.05) is 28.1 Å². The summed E-state index contributed by atoms with van der Waals surface area (Å²) in [6, 6.07) is 8.80. The second kappa shape index (κ2) is 5.69. The van der Waals surface area contributed by atoms with Crippen molar-refractivity contribution in [2.45, 2.75) is 6.92 Å². The molecule has 0 N–H and O–H groups in total. The Kier molecular flexibility index (Phi) is 4.24. The number of nitrogens with zero attached hydrogens (tertiary/aromatic N) is 2. The number of alkyl halides is 1. The standard InChI is InChI=1S/C13H19BrN2/c1-12-3-2-4-13(11-12)16-9-7-15(6-5-14)8-10-16/h2-4,11H,5-10H2,1H3. The lowest BCUT2D eigenvalue weighted by Gasteiger charge is -2.35. The lowest BCUT2D eigenvalue weighted by Crippen LogP contribution is -2.46. The van der Waals surface area contributed by atoms with Crippen LogP contribution in [0.5, 0.6) is 0 Å². The van der Waals surface area contributed by atoms with Crippen molar-refractivity contribution in [1.29, 1.82) is 0 Å². The number of hydrogen-bond donors (Lipinski definition) is 0. The normalized spacial score (nSPS) is 17.8. The fraction of sp³-hybridized carbons (Fsp3) is 0.538. The molecule has 1 fully saturated rings. The smallest absolute Gasteiger partial charge is 0.0369 e. The van der Waals surface area contributed by atoms with Gasteiger partial charge in [-0.2, -0.15) is 0 Å². The van der Waals surface area contributed by atoms with Crippen LogP contribution in [-0.2, 0) is 0 Å². The largest absolute Gasteiger partial charge is 0.369 e. The molecule has 0 aliphatic carbocycles. The van der Waals surface area contributed by atoms with Crippen LogP contribution < -0.4 is 4.90 Å². The van der Waals surface area contributed by atoms with E-state index in [0.717, 1.165) is 18.4 Å². The summed E-state index contributed by atoms with van der Waals surface area (Å²) in [7, 11) is 0. The number of halogens is 1. The van der Waals surface area contributed by atoms with Gasteiger partial charge in [-0.3, -0.25) is 4.90 Å². The predicted octanol–water partition coefficient (Wildman–Crippen LogP) is 2.51. The van der Waals surface area contributed by atoms with Gasteiger partial charge in [0.1, 0.15) is 0 Å². The third kappa shape index (κ3) is 2.98. The van der Waals surface area contributed by atoms with Crippen molar-refractivity contribution < 1.29 is 0 Å². The highest BCUT2D eigenvalue weighted by atomic mass is 79.9. The minimum Gasteiger partial charge on any atom is -0.369 e. The summed E-state index contributed by atoms with van der Waals surface area (Å²) in [4.78, 5) is 5.00. The molecule has 0 aromatic heterocycles. The molecule has 0 unspecified atom stereocenters. The Bertz CT molecular complexity index is 332. The van der Waals surface area contributed by atoms with Crippen LogP contribution in [0.4, 0.5) is 5.69 Å². The number of piperazine rings is 1. The molecule has 2 rings (SSSR count). The first-order chi connectivity index (χ1) is 7.79. The molecule has 1 heterocycles. The number of aryl methyl sites for hydroxylation is 1. The second-order valence-corrected chi connectivity index (χ2v) is 5.15. The van der Waals surface area contributed by atoms with E-state index < -0.39 is 0 Å². The molecule has 0 spiro atoms. The zero-order valence-corrected chi connectivity index (χ0v) is 11.4. The molecule has 1 aliphatic rings. The molecule has 0 saturated carbocycles. The molecule has 0 amide bonds. The zero-order chi connectivity index (χ0) is 11.4. The molecule has 1 saturated heterocycles. The maximum atomic E-state index is 3.50. The van der Waals surface area contributed by atoms with Crippen LogP contribution in [0.1, 0.15) is 5.56 Å². The quantitative estimate of drug-likeness (QED) is 0.786. The molecule has 0 radical (unpaired) electrons. The summed E-state index contributed by atoms with van der Waals surface area (Å²) in [5, 5.41) is 1.08. The fourth-order valence-electron chi connectivity index (χ4n) is 2.17. The summed E-state index contributed by atoms with van der Waals surface area (Å²) < 4.78 is 0. The van der Waals surface area contributed by atoms with E-state index in [9.17, 15) is 0 Å². The Morgan fingerprint density at radius 1 is 1.19 bits per heavy atom. The van der Waals surface area contributed by atoms with Crippen molar-refractivity contribution in [2.24, 2.45) is 0 Å². The summed E-state index contributed by atoms with van der Waals surface area (Å²) >= 11 is 3.50. The molecule has 1 aromatic carbocycles. The van der Waals surface area contributed by atoms with Crippen LogP contribution in [-0.4, -0.2) is 43.0 Å². The van der Waals surface area contributed by atoms with Crippen molar-refractivity contribution in [3.8, 4) is 0 Å². The Morgan fingerprint density at radius 2 is 1.94 bits per heavy atom. The summed E-state index contributed by atoms with van der Waals surface area (Å²) in [6.45, 7) is 7.98. The second-order valence-electron chi connectivity index (χ2n) is 4.36. The van der Waals surface area contributed by atoms with Gasteiger partial charge >= 0.3 is 0 Å². The van der Waals surface area contributed by atoms with Crippen LogP contribution in [0.25, 0.3) is 0 Å². The van der Waals surface area contributed by atoms with E-state index in [1.54, 1.807) is 0 Å². The Labute approximate surface area is 106 Å². The van der Waals surface area contributed by atoms with Crippen LogP contribution in [0, 0.1) is 6.92 Å². The molecular formula is C13H19BrN2. The van der Waals surface area contributed by atoms with E-state index >= 15 is 0 Å². The molecule has 0 atom stereocenters. The monoisotopic (exact) mass is 282 g/mol. The Hall–Kier alpha value is -0.540. The number of rotatable bonds is 3. The molecule has 1 aliphatic heterocycles. The van der Waals surface area contributed by atoms with Crippen molar-refractivity contribution in [2.75, 3.05) is 43.0 Å². The first-order valence-corrected chi connectivity index (χ1v) is 7.01. The molecular weight excluding hydrogens is 264 g/mol. The van der Waals surface area contributed by atoms with Gasteiger partial charge in [-0.15, -0.1) is 0 Å². The van der Waals surface area contributed by atoms with Gasteiger partial charge in [0, 0.05) is 43.7 Å². The van der Waals surface area contributed by atoms with Crippen LogP contribution in [0.15, 0.2) is 24.3 Å². The van der Waals surface area contributed by atoms with E-state index in [4.69, 9.17) is 0 Å². The van der Waals surface area contributed by atoms with Gasteiger partial charge in [0.25, 0.3) is 0 Å². The zero-order valence-electron chi connectivity index (χ0n) is 9.82. The van der Waals surface area contributed by atoms with E-state index in [1.165, 1.54) is 30.9 Å². The third-order valence-corrected chi connectivity index (χ3v) is 3.49. The highest BCUT2D eigenvalue weighted by Crippen LogP contribution is 2.17. The highest BCUT2D eigenvalue weighted by Gasteiger charge is 2.16. The van der Waals surface area contributed by atoms with Gasteiger partial charge < -0.3 is 4.90 Å². The molecule has 1 aromatic rings. The average Bonchev–Trinajstić information content (AvgIpc) is 2.30. The fourth-order valence-corrected chi connectivity index (χ4v) is 2.68. The van der Waals surface area contributed by atoms with Gasteiger partial charge in [-0.25, -0.2) is 0 Å². The molecule has 3 heteroatoms. The van der Waals surface area contributed by atoms with Gasteiger partial charge in [0.2, 0.25) is 0 Å². The lowest BCUT2D eigenvalue weighted by molar-refractivity contribution is 0.274. The highest BCUT2D eigenvalue weighted by molar-refractivity contribution is 9.09. The van der Waals surface area contributed by atoms with Crippen LogP contribution >= 0.6 is 15.9 Å². The Morgan fingerprint density at radius 3 is 2.56 bits per heavy atom. The Balaban J connectivity index is 1.94. The summed E-state index contributed by atoms with van der Waals surface area (Å²) in [5.41, 5.74) is 2.72. The average molecular weight is 283 g/mol. The van der Waals surface area contributed by atoms with Crippen molar-refractivity contribution in [1.82, 2.24) is 4.90 Å². The number of anilines is 1. The number of hydrogen-bond acceptors (Lipinski definition) is 2.